The number of rotatable bonds is 5. The summed E-state index contributed by atoms with van der Waals surface area (Å²) in [6.07, 6.45) is -4.15. The third-order valence-corrected chi connectivity index (χ3v) is 6.01. The van der Waals surface area contributed by atoms with Gasteiger partial charge in [0.15, 0.2) is 0 Å². The first-order valence-corrected chi connectivity index (χ1v) is 10.2. The predicted octanol–water partition coefficient (Wildman–Crippen LogP) is 1.73. The first-order chi connectivity index (χ1) is 12.8. The van der Waals surface area contributed by atoms with E-state index in [-0.39, 0.29) is 19.1 Å². The molecule has 0 aliphatic carbocycles. The van der Waals surface area contributed by atoms with E-state index in [1.54, 1.807) is 12.1 Å². The molecule has 0 spiro atoms. The van der Waals surface area contributed by atoms with Crippen LogP contribution in [0, 0.1) is 5.82 Å². The smallest absolute Gasteiger partial charge is 0.414 e. The highest BCUT2D eigenvalue weighted by Crippen LogP contribution is 2.27. The molecule has 1 aromatic carbocycles. The van der Waals surface area contributed by atoms with Crippen molar-refractivity contribution in [3.8, 4) is 0 Å². The fourth-order valence-corrected chi connectivity index (χ4v) is 4.24. The molecule has 148 valence electrons. The Labute approximate surface area is 161 Å². The molecule has 2 unspecified atom stereocenters. The largest absolute Gasteiger partial charge is 0.442 e. The lowest BCUT2D eigenvalue weighted by molar-refractivity contribution is 0.142. The van der Waals surface area contributed by atoms with Crippen molar-refractivity contribution < 1.29 is 26.9 Å². The van der Waals surface area contributed by atoms with E-state index in [1.165, 1.54) is 11.0 Å². The van der Waals surface area contributed by atoms with E-state index in [0.29, 0.717) is 29.3 Å². The predicted molar refractivity (Wildman–Crippen MR) is 99.2 cm³/mol. The molecule has 11 heteroatoms. The molecule has 2 heterocycles. The minimum atomic E-state index is -2.78. The Bertz CT molecular complexity index is 766. The van der Waals surface area contributed by atoms with Gasteiger partial charge in [-0.1, -0.05) is 18.3 Å². The number of hydrogen-bond donors (Lipinski definition) is 2. The molecular formula is C16H18F3N3O3S2. The third kappa shape index (κ3) is 4.77. The summed E-state index contributed by atoms with van der Waals surface area (Å²) in [5, 5.41) is 5.48. The molecule has 0 bridgehead atoms. The number of alkyl halides is 2. The molecule has 1 aromatic rings. The third-order valence-electron chi connectivity index (χ3n) is 4.32. The van der Waals surface area contributed by atoms with Crippen LogP contribution >= 0.6 is 12.2 Å². The summed E-state index contributed by atoms with van der Waals surface area (Å²) in [6.45, 7) is 0.581. The molecule has 2 aliphatic rings. The number of carbonyl (C=O) groups excluding carboxylic acids is 1. The lowest BCUT2D eigenvalue weighted by atomic mass is 10.1. The molecule has 2 N–H and O–H groups in total. The number of cyclic esters (lactones) is 1. The molecule has 2 saturated heterocycles. The molecule has 3 atom stereocenters. The Balaban J connectivity index is 1.66. The van der Waals surface area contributed by atoms with Crippen LogP contribution in [0.15, 0.2) is 18.2 Å². The monoisotopic (exact) mass is 421 g/mol. The van der Waals surface area contributed by atoms with E-state index in [4.69, 9.17) is 4.74 Å². The first kappa shape index (κ1) is 20.0. The molecule has 2 fully saturated rings. The van der Waals surface area contributed by atoms with Crippen LogP contribution in [0.1, 0.15) is 11.6 Å². The maximum Gasteiger partial charge on any atom is 0.414 e. The summed E-state index contributed by atoms with van der Waals surface area (Å²) in [7, 11) is -0.991. The van der Waals surface area contributed by atoms with Gasteiger partial charge in [0.1, 0.15) is 16.9 Å². The van der Waals surface area contributed by atoms with Crippen molar-refractivity contribution in [2.45, 2.75) is 18.6 Å². The van der Waals surface area contributed by atoms with E-state index in [0.717, 1.165) is 0 Å². The van der Waals surface area contributed by atoms with Crippen molar-refractivity contribution in [2.24, 2.45) is 0 Å². The van der Waals surface area contributed by atoms with Crippen molar-refractivity contribution in [1.29, 1.82) is 0 Å². The number of amides is 1. The number of benzene rings is 1. The van der Waals surface area contributed by atoms with Crippen LogP contribution in [0.2, 0.25) is 0 Å². The molecule has 0 aromatic heterocycles. The second-order valence-electron chi connectivity index (χ2n) is 6.19. The normalized spacial score (nSPS) is 25.6. The van der Waals surface area contributed by atoms with E-state index < -0.39 is 40.2 Å². The molecule has 0 saturated carbocycles. The maximum absolute atomic E-state index is 14.6. The fourth-order valence-electron chi connectivity index (χ4n) is 2.97. The highest BCUT2D eigenvalue weighted by molar-refractivity contribution is 7.85. The van der Waals surface area contributed by atoms with Gasteiger partial charge >= 0.3 is 6.09 Å². The molecule has 6 nitrogen and oxygen atoms in total. The number of ether oxygens (including phenoxy) is 1. The van der Waals surface area contributed by atoms with Crippen LogP contribution in [0.25, 0.3) is 0 Å². The Morgan fingerprint density at radius 3 is 2.93 bits per heavy atom. The highest BCUT2D eigenvalue weighted by atomic mass is 32.2. The zero-order chi connectivity index (χ0) is 19.6. The van der Waals surface area contributed by atoms with Crippen LogP contribution in [0.3, 0.4) is 0 Å². The Morgan fingerprint density at radius 2 is 2.26 bits per heavy atom. The van der Waals surface area contributed by atoms with Gasteiger partial charge in [0.25, 0.3) is 6.43 Å². The molecule has 27 heavy (non-hydrogen) atoms. The van der Waals surface area contributed by atoms with E-state index in [9.17, 15) is 22.2 Å². The second kappa shape index (κ2) is 8.53. The van der Waals surface area contributed by atoms with Gasteiger partial charge in [0, 0.05) is 40.5 Å². The lowest BCUT2D eigenvalue weighted by Crippen LogP contribution is -2.37. The first-order valence-electron chi connectivity index (χ1n) is 8.27. The molecular weight excluding hydrogens is 403 g/mol. The van der Waals surface area contributed by atoms with Gasteiger partial charge < -0.3 is 15.4 Å². The summed E-state index contributed by atoms with van der Waals surface area (Å²) >= 11 is 4.47. The van der Waals surface area contributed by atoms with E-state index >= 15 is 0 Å². The SMILES string of the molecule is O=C1O[C@@H](CNC(=S)C(F)F)CN1c1ccc(C2CS(=O)CCN2)c(F)c1. The summed E-state index contributed by atoms with van der Waals surface area (Å²) < 4.78 is 56.1. The van der Waals surface area contributed by atoms with Gasteiger partial charge in [-0.2, -0.15) is 0 Å². The van der Waals surface area contributed by atoms with E-state index in [1.807, 2.05) is 0 Å². The summed E-state index contributed by atoms with van der Waals surface area (Å²) in [5.74, 6) is 0.359. The minimum absolute atomic E-state index is 0.0518. The van der Waals surface area contributed by atoms with Crippen LogP contribution in [0.4, 0.5) is 23.7 Å². The summed E-state index contributed by atoms with van der Waals surface area (Å²) in [6, 6.07) is 4.01. The summed E-state index contributed by atoms with van der Waals surface area (Å²) in [5.41, 5.74) is 0.692. The fraction of sp³-hybridized carbons (Fsp3) is 0.500. The number of hydrogen-bond acceptors (Lipinski definition) is 5. The van der Waals surface area contributed by atoms with Crippen molar-refractivity contribution in [1.82, 2.24) is 10.6 Å². The molecule has 0 radical (unpaired) electrons. The number of anilines is 1. The van der Waals surface area contributed by atoms with Gasteiger partial charge in [-0.15, -0.1) is 0 Å². The number of thiocarbonyl (C=S) groups is 1. The highest BCUT2D eigenvalue weighted by Gasteiger charge is 2.33. The van der Waals surface area contributed by atoms with Gasteiger partial charge in [-0.25, -0.2) is 18.0 Å². The molecule has 3 rings (SSSR count). The Kier molecular flexibility index (Phi) is 6.33. The Morgan fingerprint density at radius 1 is 1.48 bits per heavy atom. The van der Waals surface area contributed by atoms with Crippen LogP contribution in [0.5, 0.6) is 0 Å². The minimum Gasteiger partial charge on any atom is -0.442 e. The number of halogens is 3. The van der Waals surface area contributed by atoms with Crippen LogP contribution in [-0.2, 0) is 15.5 Å². The average molecular weight is 421 g/mol. The Hall–Kier alpha value is -1.72. The number of carbonyl (C=O) groups is 1. The number of nitrogens with one attached hydrogen (secondary N) is 2. The van der Waals surface area contributed by atoms with Crippen molar-refractivity contribution in [2.75, 3.05) is 36.0 Å². The quantitative estimate of drug-likeness (QED) is 0.706. The van der Waals surface area contributed by atoms with Gasteiger partial charge in [0.2, 0.25) is 0 Å². The summed E-state index contributed by atoms with van der Waals surface area (Å²) in [4.78, 5) is 12.6. The van der Waals surface area contributed by atoms with Crippen LogP contribution < -0.4 is 15.5 Å². The van der Waals surface area contributed by atoms with Gasteiger partial charge in [0.05, 0.1) is 18.8 Å². The second-order valence-corrected chi connectivity index (χ2v) is 8.25. The number of nitrogens with zero attached hydrogens (tertiary/aromatic N) is 1. The molecule has 1 amide bonds. The average Bonchev–Trinajstić information content (AvgIpc) is 3.00. The standard InChI is InChI=1S/C16H18F3N3O3S2/c17-12-5-9(1-2-11(12)13-8-27(24)4-3-20-13)22-7-10(25-16(22)23)6-21-15(26)14(18)19/h1-2,5,10,13-14,20H,3-4,6-8H2,(H,21,26)/t10-,13?,27?/m0/s1. The zero-order valence-corrected chi connectivity index (χ0v) is 15.8. The zero-order valence-electron chi connectivity index (χ0n) is 14.1. The topological polar surface area (TPSA) is 70.7 Å². The van der Waals surface area contributed by atoms with E-state index in [2.05, 4.69) is 22.9 Å². The van der Waals surface area contributed by atoms with Crippen LogP contribution in [-0.4, -0.2) is 59.0 Å². The maximum atomic E-state index is 14.6. The van der Waals surface area contributed by atoms with Gasteiger partial charge in [-0.05, 0) is 12.1 Å². The molecule has 2 aliphatic heterocycles. The lowest BCUT2D eigenvalue weighted by Gasteiger charge is -2.24. The van der Waals surface area contributed by atoms with Crippen molar-refractivity contribution in [3.05, 3.63) is 29.6 Å². The van der Waals surface area contributed by atoms with Crippen molar-refractivity contribution >= 4 is 39.8 Å². The van der Waals surface area contributed by atoms with Crippen molar-refractivity contribution in [3.63, 3.8) is 0 Å². The van der Waals surface area contributed by atoms with Gasteiger partial charge in [-0.3, -0.25) is 9.11 Å².